The minimum absolute atomic E-state index is 0.0547. The van der Waals surface area contributed by atoms with Gasteiger partial charge in [-0.05, 0) is 37.1 Å². The van der Waals surface area contributed by atoms with Crippen LogP contribution in [-0.2, 0) is 6.18 Å². The Labute approximate surface area is 166 Å². The van der Waals surface area contributed by atoms with Crippen LogP contribution in [0.2, 0.25) is 0 Å². The topological polar surface area (TPSA) is 83.7 Å². The Kier molecular flexibility index (Phi) is 4.72. The molecule has 4 heterocycles. The molecule has 29 heavy (non-hydrogen) atoms. The van der Waals surface area contributed by atoms with E-state index >= 15 is 0 Å². The summed E-state index contributed by atoms with van der Waals surface area (Å²) in [6.07, 6.45) is -1.34. The molecule has 0 radical (unpaired) electrons. The van der Waals surface area contributed by atoms with Gasteiger partial charge < -0.3 is 10.6 Å². The molecule has 154 valence electrons. The van der Waals surface area contributed by atoms with Crippen LogP contribution >= 0.6 is 0 Å². The molecule has 0 aromatic carbocycles. The first-order valence-corrected chi connectivity index (χ1v) is 9.61. The quantitative estimate of drug-likeness (QED) is 0.690. The minimum Gasteiger partial charge on any atom is -0.356 e. The highest BCUT2D eigenvalue weighted by Crippen LogP contribution is 2.40. The second-order valence-electron chi connectivity index (χ2n) is 7.86. The average Bonchev–Trinajstić information content (AvgIpc) is 3.13. The van der Waals surface area contributed by atoms with Crippen molar-refractivity contribution in [1.82, 2.24) is 20.2 Å². The van der Waals surface area contributed by atoms with E-state index in [9.17, 15) is 13.2 Å². The van der Waals surface area contributed by atoms with Gasteiger partial charge in [-0.1, -0.05) is 13.8 Å². The van der Waals surface area contributed by atoms with E-state index in [0.717, 1.165) is 18.9 Å². The molecule has 2 unspecified atom stereocenters. The predicted molar refractivity (Wildman–Crippen MR) is 105 cm³/mol. The number of fused-ring (bicyclic) bond motifs is 1. The monoisotopic (exact) mass is 404 g/mol. The molecule has 4 rings (SSSR count). The maximum atomic E-state index is 13.7. The van der Waals surface area contributed by atoms with E-state index in [2.05, 4.69) is 34.0 Å². The van der Waals surface area contributed by atoms with Crippen LogP contribution in [0, 0.1) is 5.41 Å². The molecule has 6 nitrogen and oxygen atoms in total. The Morgan fingerprint density at radius 3 is 2.79 bits per heavy atom. The highest BCUT2D eigenvalue weighted by atomic mass is 19.4. The number of aromatic amines is 1. The van der Waals surface area contributed by atoms with E-state index in [1.54, 1.807) is 18.3 Å². The van der Waals surface area contributed by atoms with Gasteiger partial charge in [0.25, 0.3) is 0 Å². The molecule has 1 aliphatic rings. The molecule has 0 saturated carbocycles. The van der Waals surface area contributed by atoms with E-state index in [-0.39, 0.29) is 22.8 Å². The fraction of sp³-hybridized carbons (Fsp3) is 0.450. The van der Waals surface area contributed by atoms with Gasteiger partial charge in [0.2, 0.25) is 0 Å². The zero-order valence-electron chi connectivity index (χ0n) is 16.3. The van der Waals surface area contributed by atoms with Crippen molar-refractivity contribution < 1.29 is 13.2 Å². The van der Waals surface area contributed by atoms with Gasteiger partial charge >= 0.3 is 6.18 Å². The molecule has 3 aromatic rings. The standard InChI is InChI=1S/C20H23F3N6/c1-3-19(2)11-29(10-8-14(19)24)15-7-6-13(20(21,22)23)17(26-15)16-12-5-4-9-25-18(12)28-27-16/h4-7,9,14H,3,8,10-11,24H2,1-2H3,(H,25,27,28). The second-order valence-corrected chi connectivity index (χ2v) is 7.86. The number of piperidine rings is 1. The smallest absolute Gasteiger partial charge is 0.356 e. The number of hydrogen-bond acceptors (Lipinski definition) is 5. The fourth-order valence-electron chi connectivity index (χ4n) is 3.91. The third kappa shape index (κ3) is 3.43. The summed E-state index contributed by atoms with van der Waals surface area (Å²) < 4.78 is 41.2. The molecule has 0 bridgehead atoms. The lowest BCUT2D eigenvalue weighted by Crippen LogP contribution is -2.54. The minimum atomic E-state index is -4.55. The van der Waals surface area contributed by atoms with Gasteiger partial charge in [-0.15, -0.1) is 0 Å². The number of nitrogens with two attached hydrogens (primary N) is 1. The number of hydrogen-bond donors (Lipinski definition) is 2. The molecular weight excluding hydrogens is 381 g/mol. The molecule has 3 aromatic heterocycles. The number of alkyl halides is 3. The Hall–Kier alpha value is -2.68. The van der Waals surface area contributed by atoms with Crippen molar-refractivity contribution in [2.75, 3.05) is 18.0 Å². The third-order valence-corrected chi connectivity index (χ3v) is 6.04. The summed E-state index contributed by atoms with van der Waals surface area (Å²) in [6.45, 7) is 5.49. The van der Waals surface area contributed by atoms with E-state index in [4.69, 9.17) is 5.73 Å². The van der Waals surface area contributed by atoms with E-state index in [0.29, 0.717) is 29.9 Å². The molecule has 0 spiro atoms. The van der Waals surface area contributed by atoms with Crippen LogP contribution in [0.15, 0.2) is 30.5 Å². The zero-order valence-corrected chi connectivity index (χ0v) is 16.3. The maximum absolute atomic E-state index is 13.7. The summed E-state index contributed by atoms with van der Waals surface area (Å²) in [4.78, 5) is 10.6. The van der Waals surface area contributed by atoms with Gasteiger partial charge in [-0.3, -0.25) is 5.10 Å². The Morgan fingerprint density at radius 1 is 1.28 bits per heavy atom. The Bertz CT molecular complexity index is 1030. The molecule has 3 N–H and O–H groups in total. The first-order valence-electron chi connectivity index (χ1n) is 9.61. The van der Waals surface area contributed by atoms with Gasteiger partial charge in [-0.2, -0.15) is 18.3 Å². The summed E-state index contributed by atoms with van der Waals surface area (Å²) in [5.41, 5.74) is 5.74. The van der Waals surface area contributed by atoms with Gasteiger partial charge in [0.05, 0.1) is 5.56 Å². The van der Waals surface area contributed by atoms with Crippen molar-refractivity contribution >= 4 is 16.9 Å². The van der Waals surface area contributed by atoms with Crippen molar-refractivity contribution in [2.45, 2.75) is 38.9 Å². The summed E-state index contributed by atoms with van der Waals surface area (Å²) in [7, 11) is 0. The SMILES string of the molecule is CCC1(C)CN(c2ccc(C(F)(F)F)c(-c3n[nH]c4ncccc34)n2)CCC1N. The number of nitrogens with zero attached hydrogens (tertiary/aromatic N) is 4. The normalized spacial score (nSPS) is 23.0. The lowest BCUT2D eigenvalue weighted by molar-refractivity contribution is -0.137. The van der Waals surface area contributed by atoms with Crippen LogP contribution in [-0.4, -0.2) is 39.3 Å². The Morgan fingerprint density at radius 2 is 2.07 bits per heavy atom. The molecular formula is C20H23F3N6. The van der Waals surface area contributed by atoms with E-state index < -0.39 is 11.7 Å². The van der Waals surface area contributed by atoms with Crippen LogP contribution in [0.5, 0.6) is 0 Å². The summed E-state index contributed by atoms with van der Waals surface area (Å²) in [5, 5.41) is 7.29. The molecule has 9 heteroatoms. The predicted octanol–water partition coefficient (Wildman–Crippen LogP) is 3.99. The van der Waals surface area contributed by atoms with Gasteiger partial charge in [0.1, 0.15) is 17.2 Å². The highest BCUT2D eigenvalue weighted by Gasteiger charge is 2.39. The lowest BCUT2D eigenvalue weighted by Gasteiger charge is -2.45. The first kappa shape index (κ1) is 19.6. The zero-order chi connectivity index (χ0) is 20.8. The van der Waals surface area contributed by atoms with E-state index in [1.165, 1.54) is 6.07 Å². The van der Waals surface area contributed by atoms with Gasteiger partial charge in [0, 0.05) is 36.1 Å². The molecule has 1 fully saturated rings. The van der Waals surface area contributed by atoms with Crippen molar-refractivity contribution in [3.8, 4) is 11.4 Å². The number of anilines is 1. The Balaban J connectivity index is 1.82. The van der Waals surface area contributed by atoms with Crippen LogP contribution in [0.4, 0.5) is 19.0 Å². The van der Waals surface area contributed by atoms with Crippen molar-refractivity contribution in [3.05, 3.63) is 36.0 Å². The number of rotatable bonds is 3. The van der Waals surface area contributed by atoms with Crippen LogP contribution in [0.25, 0.3) is 22.4 Å². The molecule has 1 aliphatic heterocycles. The highest BCUT2D eigenvalue weighted by molar-refractivity contribution is 5.90. The van der Waals surface area contributed by atoms with Crippen LogP contribution in [0.3, 0.4) is 0 Å². The molecule has 0 aliphatic carbocycles. The van der Waals surface area contributed by atoms with Crippen molar-refractivity contribution in [1.29, 1.82) is 0 Å². The lowest BCUT2D eigenvalue weighted by atomic mass is 9.75. The van der Waals surface area contributed by atoms with Crippen molar-refractivity contribution in [2.24, 2.45) is 11.1 Å². The molecule has 0 amide bonds. The number of halogens is 3. The van der Waals surface area contributed by atoms with Gasteiger partial charge in [0.15, 0.2) is 5.65 Å². The largest absolute Gasteiger partial charge is 0.418 e. The number of pyridine rings is 2. The van der Waals surface area contributed by atoms with Crippen LogP contribution < -0.4 is 10.6 Å². The number of nitrogens with one attached hydrogen (secondary N) is 1. The molecule has 2 atom stereocenters. The number of H-pyrrole nitrogens is 1. The first-order chi connectivity index (χ1) is 13.7. The van der Waals surface area contributed by atoms with E-state index in [1.807, 2.05) is 4.90 Å². The van der Waals surface area contributed by atoms with Gasteiger partial charge in [-0.25, -0.2) is 9.97 Å². The average molecular weight is 404 g/mol. The number of aromatic nitrogens is 4. The van der Waals surface area contributed by atoms with Crippen LogP contribution in [0.1, 0.15) is 32.3 Å². The summed E-state index contributed by atoms with van der Waals surface area (Å²) in [6, 6.07) is 5.93. The molecule has 1 saturated heterocycles. The maximum Gasteiger partial charge on any atom is 0.418 e. The van der Waals surface area contributed by atoms with Crippen molar-refractivity contribution in [3.63, 3.8) is 0 Å². The summed E-state index contributed by atoms with van der Waals surface area (Å²) in [5.74, 6) is 0.500. The third-order valence-electron chi connectivity index (χ3n) is 6.04. The summed E-state index contributed by atoms with van der Waals surface area (Å²) >= 11 is 0. The second kappa shape index (κ2) is 6.98. The fourth-order valence-corrected chi connectivity index (χ4v) is 3.91.